The molecule has 0 aliphatic carbocycles. The fourth-order valence-electron chi connectivity index (χ4n) is 4.43. The summed E-state index contributed by atoms with van der Waals surface area (Å²) in [6.07, 6.45) is 9.83. The predicted molar refractivity (Wildman–Crippen MR) is 135 cm³/mol. The first-order valence-corrected chi connectivity index (χ1v) is 13.2. The van der Waals surface area contributed by atoms with Crippen molar-refractivity contribution in [3.63, 3.8) is 0 Å². The first kappa shape index (κ1) is 28.6. The number of carboxylic acids is 1. The maximum atomic E-state index is 14.6. The number of carbonyl (C=O) groups excluding carboxylic acids is 1. The Morgan fingerprint density at radius 1 is 0.892 bits per heavy atom. The van der Waals surface area contributed by atoms with E-state index in [1.807, 2.05) is 6.92 Å². The van der Waals surface area contributed by atoms with E-state index in [0.717, 1.165) is 38.2 Å². The van der Waals surface area contributed by atoms with Crippen LogP contribution in [0.3, 0.4) is 0 Å². The molecule has 2 aromatic carbocycles. The van der Waals surface area contributed by atoms with Crippen molar-refractivity contribution in [2.24, 2.45) is 0 Å². The third kappa shape index (κ3) is 7.06. The number of aliphatic carboxylic acids is 1. The predicted octanol–water partition coefficient (Wildman–Crippen LogP) is 7.18. The van der Waals surface area contributed by atoms with Crippen LogP contribution in [0.5, 0.6) is 11.5 Å². The van der Waals surface area contributed by atoms with Gasteiger partial charge in [0.05, 0.1) is 12.2 Å². The summed E-state index contributed by atoms with van der Waals surface area (Å²) in [6, 6.07) is 8.13. The van der Waals surface area contributed by atoms with E-state index in [9.17, 15) is 23.5 Å². The summed E-state index contributed by atoms with van der Waals surface area (Å²) >= 11 is 0. The Labute approximate surface area is 216 Å². The summed E-state index contributed by atoms with van der Waals surface area (Å²) in [6.45, 7) is 4.39. The smallest absolute Gasteiger partial charge is 0.346 e. The second-order valence-electron chi connectivity index (χ2n) is 9.41. The summed E-state index contributed by atoms with van der Waals surface area (Å²) in [5, 5.41) is 9.63. The van der Waals surface area contributed by atoms with Gasteiger partial charge in [0, 0.05) is 0 Å². The van der Waals surface area contributed by atoms with Crippen molar-refractivity contribution in [1.82, 2.24) is 0 Å². The molecule has 0 spiro atoms. The van der Waals surface area contributed by atoms with Gasteiger partial charge < -0.3 is 19.3 Å². The number of ether oxygens (including phenoxy) is 3. The van der Waals surface area contributed by atoms with Crippen LogP contribution in [0.25, 0.3) is 0 Å². The van der Waals surface area contributed by atoms with Crippen LogP contribution in [0.15, 0.2) is 36.4 Å². The maximum Gasteiger partial charge on any atom is 0.346 e. The van der Waals surface area contributed by atoms with Crippen molar-refractivity contribution in [2.75, 3.05) is 6.61 Å². The molecule has 0 saturated carbocycles. The van der Waals surface area contributed by atoms with Crippen LogP contribution in [-0.4, -0.2) is 29.8 Å². The normalized spacial score (nSPS) is 18.4. The van der Waals surface area contributed by atoms with E-state index in [4.69, 9.17) is 14.2 Å². The van der Waals surface area contributed by atoms with Gasteiger partial charge in [-0.2, -0.15) is 4.39 Å². The fourth-order valence-corrected chi connectivity index (χ4v) is 4.43. The molecule has 2 aromatic rings. The van der Waals surface area contributed by atoms with E-state index in [2.05, 4.69) is 6.92 Å². The molecule has 0 bridgehead atoms. The molecule has 202 valence electrons. The molecule has 1 saturated heterocycles. The molecule has 2 atom stereocenters. The van der Waals surface area contributed by atoms with Crippen LogP contribution in [0.2, 0.25) is 0 Å². The summed E-state index contributed by atoms with van der Waals surface area (Å²) in [5.74, 6) is -4.91. The lowest BCUT2D eigenvalue weighted by Gasteiger charge is -2.11. The lowest BCUT2D eigenvalue weighted by molar-refractivity contribution is -0.143. The Balaban J connectivity index is 1.52. The minimum atomic E-state index is -1.40. The molecule has 1 fully saturated rings. The first-order valence-electron chi connectivity index (χ1n) is 13.2. The van der Waals surface area contributed by atoms with Gasteiger partial charge in [0.25, 0.3) is 0 Å². The summed E-state index contributed by atoms with van der Waals surface area (Å²) in [5.41, 5.74) is -1.54. The minimum Gasteiger partial charge on any atom is -0.490 e. The molecule has 6 nitrogen and oxygen atoms in total. The lowest BCUT2D eigenvalue weighted by atomic mass is 9.93. The van der Waals surface area contributed by atoms with Gasteiger partial charge in [-0.3, -0.25) is 0 Å². The molecular weight excluding hydrogens is 482 g/mol. The molecule has 1 aliphatic rings. The number of hydrogen-bond donors (Lipinski definition) is 1. The fraction of sp³-hybridized carbons (Fsp3) is 0.517. The highest BCUT2D eigenvalue weighted by Crippen LogP contribution is 2.49. The highest BCUT2D eigenvalue weighted by molar-refractivity contribution is 5.91. The number of rotatable bonds is 16. The Morgan fingerprint density at radius 2 is 1.54 bits per heavy atom. The zero-order chi connectivity index (χ0) is 26.8. The van der Waals surface area contributed by atoms with Crippen LogP contribution in [0.4, 0.5) is 8.78 Å². The molecule has 2 unspecified atom stereocenters. The quantitative estimate of drug-likeness (QED) is 0.110. The highest BCUT2D eigenvalue weighted by Gasteiger charge is 2.63. The number of carbonyl (C=O) groups is 2. The first-order chi connectivity index (χ1) is 17.8. The molecular formula is C29H36F2O6. The van der Waals surface area contributed by atoms with E-state index in [1.54, 1.807) is 0 Å². The Kier molecular flexibility index (Phi) is 10.4. The zero-order valence-electron chi connectivity index (χ0n) is 21.6. The Morgan fingerprint density at radius 3 is 2.16 bits per heavy atom. The number of esters is 1. The van der Waals surface area contributed by atoms with E-state index >= 15 is 0 Å². The third-order valence-corrected chi connectivity index (χ3v) is 6.61. The number of epoxide rings is 1. The highest BCUT2D eigenvalue weighted by atomic mass is 19.2. The van der Waals surface area contributed by atoms with Crippen LogP contribution >= 0.6 is 0 Å². The third-order valence-electron chi connectivity index (χ3n) is 6.61. The van der Waals surface area contributed by atoms with Crippen molar-refractivity contribution >= 4 is 11.9 Å². The summed E-state index contributed by atoms with van der Waals surface area (Å²) < 4.78 is 45.1. The molecule has 1 N–H and O–H groups in total. The van der Waals surface area contributed by atoms with Crippen molar-refractivity contribution in [3.8, 4) is 11.5 Å². The second kappa shape index (κ2) is 13.5. The Hall–Kier alpha value is -3.00. The van der Waals surface area contributed by atoms with Crippen LogP contribution in [0, 0.1) is 11.6 Å². The monoisotopic (exact) mass is 518 g/mol. The van der Waals surface area contributed by atoms with E-state index in [1.165, 1.54) is 56.0 Å². The lowest BCUT2D eigenvalue weighted by Crippen LogP contribution is -2.24. The van der Waals surface area contributed by atoms with Gasteiger partial charge >= 0.3 is 11.9 Å². The largest absolute Gasteiger partial charge is 0.490 e. The maximum absolute atomic E-state index is 14.6. The van der Waals surface area contributed by atoms with Crippen LogP contribution in [0.1, 0.15) is 94.0 Å². The minimum absolute atomic E-state index is 0.0665. The van der Waals surface area contributed by atoms with Crippen molar-refractivity contribution in [3.05, 3.63) is 59.2 Å². The van der Waals surface area contributed by atoms with Gasteiger partial charge in [0.1, 0.15) is 11.9 Å². The SMILES string of the molecule is CCCCCCCCCCOc1ccc(C(=O)Oc2ccc(C3(C(=O)O)OC3CCC)cc2)c(F)c1F. The number of unbranched alkanes of at least 4 members (excludes halogenated alkanes) is 7. The number of halogens is 2. The van der Waals surface area contributed by atoms with Crippen LogP contribution < -0.4 is 9.47 Å². The molecule has 1 aliphatic heterocycles. The topological polar surface area (TPSA) is 85.4 Å². The standard InChI is InChI=1S/C29H36F2O6/c1-3-5-6-7-8-9-10-11-19-35-23-18-17-22(25(30)26(23)31)27(32)36-21-15-13-20(14-16-21)29(28(33)34)24(37-29)12-4-2/h13-18,24H,3-12,19H2,1-2H3,(H,33,34). The van der Waals surface area contributed by atoms with Gasteiger partial charge in [0.15, 0.2) is 11.6 Å². The number of hydrogen-bond acceptors (Lipinski definition) is 5. The van der Waals surface area contributed by atoms with E-state index in [-0.39, 0.29) is 18.1 Å². The molecule has 8 heteroatoms. The number of benzene rings is 2. The summed E-state index contributed by atoms with van der Waals surface area (Å²) in [7, 11) is 0. The van der Waals surface area contributed by atoms with Crippen molar-refractivity contribution in [2.45, 2.75) is 89.8 Å². The number of carboxylic acid groups (broad SMARTS) is 1. The van der Waals surface area contributed by atoms with Gasteiger partial charge in [-0.25, -0.2) is 14.0 Å². The molecule has 3 rings (SSSR count). The van der Waals surface area contributed by atoms with Crippen molar-refractivity contribution < 1.29 is 37.7 Å². The average Bonchev–Trinajstić information content (AvgIpc) is 3.61. The van der Waals surface area contributed by atoms with Crippen molar-refractivity contribution in [1.29, 1.82) is 0 Å². The molecule has 37 heavy (non-hydrogen) atoms. The van der Waals surface area contributed by atoms with Gasteiger partial charge in [0.2, 0.25) is 11.4 Å². The molecule has 0 amide bonds. The molecule has 0 radical (unpaired) electrons. The zero-order valence-corrected chi connectivity index (χ0v) is 21.6. The van der Waals surface area contributed by atoms with Crippen LogP contribution in [-0.2, 0) is 15.1 Å². The van der Waals surface area contributed by atoms with E-state index < -0.39 is 40.8 Å². The second-order valence-corrected chi connectivity index (χ2v) is 9.41. The van der Waals surface area contributed by atoms with Gasteiger partial charge in [-0.1, -0.05) is 77.3 Å². The van der Waals surface area contributed by atoms with Gasteiger partial charge in [-0.05, 0) is 42.7 Å². The van der Waals surface area contributed by atoms with Gasteiger partial charge in [-0.15, -0.1) is 0 Å². The molecule has 1 heterocycles. The molecule has 0 aromatic heterocycles. The van der Waals surface area contributed by atoms with E-state index in [0.29, 0.717) is 12.0 Å². The Bertz CT molecular complexity index is 1060. The average molecular weight is 519 g/mol. The summed E-state index contributed by atoms with van der Waals surface area (Å²) in [4.78, 5) is 24.2.